The number of sulfonamides is 1. The molecular formula is C16H25N3O5S. The van der Waals surface area contributed by atoms with E-state index in [0.717, 1.165) is 6.26 Å². The fraction of sp³-hybridized carbons (Fsp3) is 0.562. The topological polar surface area (TPSA) is 108 Å². The van der Waals surface area contributed by atoms with Crippen LogP contribution in [0.4, 0.5) is 10.5 Å². The molecule has 9 heteroatoms. The Labute approximate surface area is 148 Å². The maximum absolute atomic E-state index is 12.4. The van der Waals surface area contributed by atoms with E-state index in [1.807, 2.05) is 0 Å². The van der Waals surface area contributed by atoms with Crippen molar-refractivity contribution in [3.63, 3.8) is 0 Å². The van der Waals surface area contributed by atoms with E-state index in [1.165, 1.54) is 0 Å². The Morgan fingerprint density at radius 3 is 2.80 bits per heavy atom. The number of hydrogen-bond donors (Lipinski definition) is 3. The summed E-state index contributed by atoms with van der Waals surface area (Å²) in [6, 6.07) is 6.81. The van der Waals surface area contributed by atoms with Gasteiger partial charge in [-0.2, -0.15) is 0 Å². The molecule has 1 fully saturated rings. The van der Waals surface area contributed by atoms with Gasteiger partial charge in [0.1, 0.15) is 5.75 Å². The van der Waals surface area contributed by atoms with E-state index in [0.29, 0.717) is 43.8 Å². The van der Waals surface area contributed by atoms with Gasteiger partial charge in [0.25, 0.3) is 0 Å². The quantitative estimate of drug-likeness (QED) is 0.715. The SMILES string of the molecule is COc1cccc(NC(=O)N2CCC[C@@](O)(CNS(C)(=O)=O)CC2)c1. The Kier molecular flexibility index (Phi) is 6.26. The fourth-order valence-electron chi connectivity index (χ4n) is 2.73. The highest BCUT2D eigenvalue weighted by atomic mass is 32.2. The minimum absolute atomic E-state index is 0.0445. The lowest BCUT2D eigenvalue weighted by atomic mass is 9.95. The summed E-state index contributed by atoms with van der Waals surface area (Å²) in [5, 5.41) is 13.4. The van der Waals surface area contributed by atoms with Gasteiger partial charge in [-0.25, -0.2) is 17.9 Å². The Balaban J connectivity index is 1.94. The van der Waals surface area contributed by atoms with Crippen LogP contribution in [0.3, 0.4) is 0 Å². The van der Waals surface area contributed by atoms with Crippen LogP contribution in [-0.4, -0.2) is 63.1 Å². The Morgan fingerprint density at radius 1 is 1.36 bits per heavy atom. The van der Waals surface area contributed by atoms with Gasteiger partial charge in [-0.05, 0) is 31.4 Å². The van der Waals surface area contributed by atoms with E-state index in [-0.39, 0.29) is 12.6 Å². The number of amides is 2. The Hall–Kier alpha value is -1.84. The monoisotopic (exact) mass is 371 g/mol. The van der Waals surface area contributed by atoms with E-state index < -0.39 is 15.6 Å². The van der Waals surface area contributed by atoms with Crippen molar-refractivity contribution in [1.82, 2.24) is 9.62 Å². The molecule has 0 spiro atoms. The van der Waals surface area contributed by atoms with Crippen LogP contribution in [0.15, 0.2) is 24.3 Å². The number of carbonyl (C=O) groups excluding carboxylic acids is 1. The summed E-state index contributed by atoms with van der Waals surface area (Å²) in [4.78, 5) is 14.1. The number of urea groups is 1. The summed E-state index contributed by atoms with van der Waals surface area (Å²) in [5.74, 6) is 0.648. The first-order valence-electron chi connectivity index (χ1n) is 8.08. The molecule has 8 nitrogen and oxygen atoms in total. The number of likely N-dealkylation sites (tertiary alicyclic amines) is 1. The molecule has 0 aromatic heterocycles. The molecule has 0 unspecified atom stereocenters. The molecule has 1 aromatic carbocycles. The molecule has 2 amide bonds. The van der Waals surface area contributed by atoms with Crippen LogP contribution in [-0.2, 0) is 10.0 Å². The van der Waals surface area contributed by atoms with Gasteiger partial charge in [-0.15, -0.1) is 0 Å². The molecule has 1 atom stereocenters. The molecule has 3 N–H and O–H groups in total. The zero-order valence-corrected chi connectivity index (χ0v) is 15.3. The maximum atomic E-state index is 12.4. The lowest BCUT2D eigenvalue weighted by Crippen LogP contribution is -2.43. The van der Waals surface area contributed by atoms with Crippen LogP contribution >= 0.6 is 0 Å². The second kappa shape index (κ2) is 8.03. The van der Waals surface area contributed by atoms with Crippen LogP contribution in [0.2, 0.25) is 0 Å². The summed E-state index contributed by atoms with van der Waals surface area (Å²) >= 11 is 0. The van der Waals surface area contributed by atoms with Crippen molar-refractivity contribution in [3.8, 4) is 5.75 Å². The van der Waals surface area contributed by atoms with Crippen molar-refractivity contribution in [3.05, 3.63) is 24.3 Å². The number of benzene rings is 1. The molecule has 1 aliphatic rings. The first kappa shape index (κ1) is 19.5. The number of carbonyl (C=O) groups is 1. The predicted molar refractivity (Wildman–Crippen MR) is 95.2 cm³/mol. The third-order valence-corrected chi connectivity index (χ3v) is 4.86. The number of aliphatic hydroxyl groups is 1. The number of anilines is 1. The lowest BCUT2D eigenvalue weighted by Gasteiger charge is -2.27. The van der Waals surface area contributed by atoms with Gasteiger partial charge in [0, 0.05) is 31.4 Å². The number of hydrogen-bond acceptors (Lipinski definition) is 5. The average molecular weight is 371 g/mol. The second-order valence-corrected chi connectivity index (χ2v) is 8.15. The van der Waals surface area contributed by atoms with Gasteiger partial charge < -0.3 is 20.1 Å². The van der Waals surface area contributed by atoms with Crippen LogP contribution in [0.5, 0.6) is 5.75 Å². The number of methoxy groups -OCH3 is 1. The molecular weight excluding hydrogens is 346 g/mol. The largest absolute Gasteiger partial charge is 0.497 e. The van der Waals surface area contributed by atoms with Gasteiger partial charge in [0.05, 0.1) is 19.0 Å². The summed E-state index contributed by atoms with van der Waals surface area (Å²) < 4.78 is 29.9. The highest BCUT2D eigenvalue weighted by Crippen LogP contribution is 2.23. The summed E-state index contributed by atoms with van der Waals surface area (Å²) in [5.41, 5.74) is -0.517. The molecule has 0 bridgehead atoms. The molecule has 0 radical (unpaired) electrons. The summed E-state index contributed by atoms with van der Waals surface area (Å²) in [6.45, 7) is 0.798. The van der Waals surface area contributed by atoms with Crippen LogP contribution in [0.25, 0.3) is 0 Å². The lowest BCUT2D eigenvalue weighted by molar-refractivity contribution is 0.0318. The van der Waals surface area contributed by atoms with Crippen molar-refractivity contribution >= 4 is 21.7 Å². The van der Waals surface area contributed by atoms with Crippen LogP contribution < -0.4 is 14.8 Å². The minimum atomic E-state index is -3.37. The van der Waals surface area contributed by atoms with E-state index in [4.69, 9.17) is 4.74 Å². The van der Waals surface area contributed by atoms with E-state index in [2.05, 4.69) is 10.0 Å². The molecule has 2 rings (SSSR count). The Morgan fingerprint density at radius 2 is 2.12 bits per heavy atom. The van der Waals surface area contributed by atoms with Crippen molar-refractivity contribution in [2.45, 2.75) is 24.9 Å². The van der Waals surface area contributed by atoms with Gasteiger partial charge in [0.2, 0.25) is 10.0 Å². The first-order chi connectivity index (χ1) is 11.7. The molecule has 25 heavy (non-hydrogen) atoms. The number of rotatable bonds is 5. The molecule has 0 aliphatic carbocycles. The number of nitrogens with one attached hydrogen (secondary N) is 2. The highest BCUT2D eigenvalue weighted by Gasteiger charge is 2.32. The predicted octanol–water partition coefficient (Wildman–Crippen LogP) is 0.993. The third-order valence-electron chi connectivity index (χ3n) is 4.19. The summed E-state index contributed by atoms with van der Waals surface area (Å²) in [6.07, 6.45) is 2.38. The first-order valence-corrected chi connectivity index (χ1v) is 9.97. The molecule has 0 saturated carbocycles. The standard InChI is InChI=1S/C16H25N3O5S/c1-24-14-6-3-5-13(11-14)18-15(20)19-9-4-7-16(21,8-10-19)12-17-25(2,22)23/h3,5-6,11,17,21H,4,7-10,12H2,1-2H3,(H,18,20)/t16-/m0/s1. The third kappa shape index (κ3) is 6.18. The average Bonchev–Trinajstić information content (AvgIpc) is 2.75. The van der Waals surface area contributed by atoms with E-state index >= 15 is 0 Å². The number of nitrogens with zero attached hydrogens (tertiary/aromatic N) is 1. The van der Waals surface area contributed by atoms with Crippen molar-refractivity contribution in [2.24, 2.45) is 0 Å². The molecule has 1 aromatic rings. The Bertz CT molecular complexity index is 709. The smallest absolute Gasteiger partial charge is 0.321 e. The second-order valence-electron chi connectivity index (χ2n) is 6.32. The summed E-state index contributed by atoms with van der Waals surface area (Å²) in [7, 11) is -1.81. The van der Waals surface area contributed by atoms with Crippen molar-refractivity contribution in [2.75, 3.05) is 38.3 Å². The zero-order valence-electron chi connectivity index (χ0n) is 14.5. The van der Waals surface area contributed by atoms with Crippen LogP contribution in [0, 0.1) is 0 Å². The van der Waals surface area contributed by atoms with E-state index in [1.54, 1.807) is 36.3 Å². The van der Waals surface area contributed by atoms with Crippen molar-refractivity contribution < 1.29 is 23.1 Å². The molecule has 140 valence electrons. The van der Waals surface area contributed by atoms with E-state index in [9.17, 15) is 18.3 Å². The number of ether oxygens (including phenoxy) is 1. The highest BCUT2D eigenvalue weighted by molar-refractivity contribution is 7.88. The normalized spacial score (nSPS) is 21.5. The minimum Gasteiger partial charge on any atom is -0.497 e. The van der Waals surface area contributed by atoms with Gasteiger partial charge in [0.15, 0.2) is 0 Å². The zero-order chi connectivity index (χ0) is 18.5. The van der Waals surface area contributed by atoms with Gasteiger partial charge >= 0.3 is 6.03 Å². The molecule has 1 aliphatic heterocycles. The van der Waals surface area contributed by atoms with Crippen LogP contribution in [0.1, 0.15) is 19.3 Å². The molecule has 1 saturated heterocycles. The van der Waals surface area contributed by atoms with Crippen molar-refractivity contribution in [1.29, 1.82) is 0 Å². The van der Waals surface area contributed by atoms with Gasteiger partial charge in [-0.3, -0.25) is 0 Å². The van der Waals surface area contributed by atoms with Gasteiger partial charge in [-0.1, -0.05) is 6.07 Å². The fourth-order valence-corrected chi connectivity index (χ4v) is 3.26. The molecule has 1 heterocycles. The maximum Gasteiger partial charge on any atom is 0.321 e.